The number of hydrogen-bond acceptors (Lipinski definition) is 5. The average molecular weight is 525 g/mol. The molecular weight excluding hydrogens is 484 g/mol. The van der Waals surface area contributed by atoms with Crippen molar-refractivity contribution in [2.75, 3.05) is 39.3 Å². The third-order valence-corrected chi connectivity index (χ3v) is 8.34. The van der Waals surface area contributed by atoms with Crippen molar-refractivity contribution in [1.29, 1.82) is 0 Å². The molecule has 2 aliphatic rings. The van der Waals surface area contributed by atoms with Gasteiger partial charge in [0.2, 0.25) is 0 Å². The van der Waals surface area contributed by atoms with Crippen LogP contribution in [-0.4, -0.2) is 66.3 Å². The van der Waals surface area contributed by atoms with E-state index in [1.165, 1.54) is 16.7 Å². The molecule has 2 heterocycles. The summed E-state index contributed by atoms with van der Waals surface area (Å²) in [6.07, 6.45) is 4.13. The number of nitrogens with zero attached hydrogens (tertiary/aromatic N) is 2. The third-order valence-electron chi connectivity index (χ3n) is 8.34. The van der Waals surface area contributed by atoms with Gasteiger partial charge in [-0.15, -0.1) is 0 Å². The molecule has 2 fully saturated rings. The second kappa shape index (κ2) is 12.7. The molecule has 204 valence electrons. The second-order valence-corrected chi connectivity index (χ2v) is 10.6. The normalized spacial score (nSPS) is 20.7. The predicted octanol–water partition coefficient (Wildman–Crippen LogP) is 5.25. The molecular formula is C34H40N2O3. The lowest BCUT2D eigenvalue weighted by Gasteiger charge is -2.48. The summed E-state index contributed by atoms with van der Waals surface area (Å²) in [6.45, 7) is 6.28. The molecule has 0 saturated carbocycles. The standard InChI is InChI=1S/C34H40N2O3/c1-2-39-33(38)27-18-22-35(23-19-27)24-20-28-26-36(25-21-32(28)37)34(29-12-6-3-7-13-29,30-14-8-4-9-15-30)31-16-10-5-11-17-31/h3-17,20,27,32,37H,2,18-19,21-26H2,1H3. The Morgan fingerprint density at radius 2 is 1.36 bits per heavy atom. The van der Waals surface area contributed by atoms with E-state index in [4.69, 9.17) is 4.74 Å². The Labute approximate surface area is 232 Å². The number of esters is 1. The zero-order valence-corrected chi connectivity index (χ0v) is 22.9. The molecule has 2 aliphatic heterocycles. The van der Waals surface area contributed by atoms with Crippen LogP contribution in [0.1, 0.15) is 42.9 Å². The van der Waals surface area contributed by atoms with Crippen molar-refractivity contribution in [1.82, 2.24) is 9.80 Å². The lowest BCUT2D eigenvalue weighted by molar-refractivity contribution is -0.149. The van der Waals surface area contributed by atoms with Crippen LogP contribution in [0.25, 0.3) is 0 Å². The molecule has 1 N–H and O–H groups in total. The largest absolute Gasteiger partial charge is 0.466 e. The topological polar surface area (TPSA) is 53.0 Å². The van der Waals surface area contributed by atoms with Gasteiger partial charge in [-0.25, -0.2) is 0 Å². The quantitative estimate of drug-likeness (QED) is 0.248. The first-order valence-corrected chi connectivity index (χ1v) is 14.3. The minimum Gasteiger partial charge on any atom is -0.466 e. The van der Waals surface area contributed by atoms with Gasteiger partial charge in [-0.05, 0) is 61.5 Å². The Bertz CT molecular complexity index is 1120. The van der Waals surface area contributed by atoms with Crippen molar-refractivity contribution >= 4 is 5.97 Å². The number of aliphatic hydroxyl groups excluding tert-OH is 1. The van der Waals surface area contributed by atoms with E-state index in [0.29, 0.717) is 19.6 Å². The van der Waals surface area contributed by atoms with Crippen molar-refractivity contribution in [3.63, 3.8) is 0 Å². The van der Waals surface area contributed by atoms with Crippen LogP contribution >= 0.6 is 0 Å². The first-order chi connectivity index (χ1) is 19.1. The van der Waals surface area contributed by atoms with Gasteiger partial charge in [-0.1, -0.05) is 97.1 Å². The highest BCUT2D eigenvalue weighted by Gasteiger charge is 2.44. The van der Waals surface area contributed by atoms with E-state index in [1.54, 1.807) is 0 Å². The highest BCUT2D eigenvalue weighted by atomic mass is 16.5. The maximum atomic E-state index is 12.1. The fourth-order valence-corrected chi connectivity index (χ4v) is 6.30. The van der Waals surface area contributed by atoms with E-state index in [-0.39, 0.29) is 11.9 Å². The summed E-state index contributed by atoms with van der Waals surface area (Å²) in [6, 6.07) is 32.3. The van der Waals surface area contributed by atoms with Crippen LogP contribution in [0, 0.1) is 5.92 Å². The molecule has 5 nitrogen and oxygen atoms in total. The molecule has 0 aliphatic carbocycles. The molecule has 39 heavy (non-hydrogen) atoms. The number of piperidine rings is 2. The molecule has 0 radical (unpaired) electrons. The molecule has 0 aromatic heterocycles. The zero-order valence-electron chi connectivity index (χ0n) is 22.9. The highest BCUT2D eigenvalue weighted by molar-refractivity contribution is 5.72. The van der Waals surface area contributed by atoms with Gasteiger partial charge < -0.3 is 9.84 Å². The van der Waals surface area contributed by atoms with Gasteiger partial charge in [0.05, 0.1) is 24.2 Å². The summed E-state index contributed by atoms with van der Waals surface area (Å²) < 4.78 is 5.23. The number of carbonyl (C=O) groups is 1. The van der Waals surface area contributed by atoms with E-state index >= 15 is 0 Å². The molecule has 1 atom stereocenters. The molecule has 5 rings (SSSR count). The van der Waals surface area contributed by atoms with Gasteiger partial charge in [-0.2, -0.15) is 0 Å². The second-order valence-electron chi connectivity index (χ2n) is 10.6. The van der Waals surface area contributed by atoms with E-state index in [2.05, 4.69) is 107 Å². The van der Waals surface area contributed by atoms with Crippen LogP contribution in [0.2, 0.25) is 0 Å². The minimum absolute atomic E-state index is 0.00727. The van der Waals surface area contributed by atoms with Gasteiger partial charge in [0.15, 0.2) is 0 Å². The maximum absolute atomic E-state index is 12.1. The van der Waals surface area contributed by atoms with Crippen molar-refractivity contribution in [2.24, 2.45) is 5.92 Å². The summed E-state index contributed by atoms with van der Waals surface area (Å²) in [5.41, 5.74) is 4.25. The average Bonchev–Trinajstić information content (AvgIpc) is 3.00. The first kappa shape index (κ1) is 27.3. The Balaban J connectivity index is 1.44. The van der Waals surface area contributed by atoms with E-state index in [0.717, 1.165) is 44.6 Å². The van der Waals surface area contributed by atoms with Crippen LogP contribution in [0.3, 0.4) is 0 Å². The Morgan fingerprint density at radius 1 is 0.846 bits per heavy atom. The molecule has 5 heteroatoms. The molecule has 2 saturated heterocycles. The van der Waals surface area contributed by atoms with E-state index < -0.39 is 11.6 Å². The summed E-state index contributed by atoms with van der Waals surface area (Å²) in [5.74, 6) is -0.0548. The van der Waals surface area contributed by atoms with Crippen molar-refractivity contribution in [2.45, 2.75) is 37.8 Å². The molecule has 0 amide bonds. The number of aliphatic hydroxyl groups is 1. The maximum Gasteiger partial charge on any atom is 0.309 e. The summed E-state index contributed by atoms with van der Waals surface area (Å²) in [7, 11) is 0. The Kier molecular flexibility index (Phi) is 8.92. The van der Waals surface area contributed by atoms with Gasteiger partial charge >= 0.3 is 5.97 Å². The SMILES string of the molecule is CCOC(=O)C1CCN(CC=C2CN(C(c3ccccc3)(c3ccccc3)c3ccccc3)CCC2O)CC1. The van der Waals surface area contributed by atoms with Gasteiger partial charge in [0, 0.05) is 19.6 Å². The molecule has 3 aromatic rings. The summed E-state index contributed by atoms with van der Waals surface area (Å²) >= 11 is 0. The molecule has 3 aromatic carbocycles. The number of carbonyl (C=O) groups excluding carboxylic acids is 1. The predicted molar refractivity (Wildman–Crippen MR) is 155 cm³/mol. The van der Waals surface area contributed by atoms with E-state index in [9.17, 15) is 9.90 Å². The number of ether oxygens (including phenoxy) is 1. The third kappa shape index (κ3) is 5.86. The smallest absolute Gasteiger partial charge is 0.309 e. The van der Waals surface area contributed by atoms with Gasteiger partial charge in [-0.3, -0.25) is 14.6 Å². The number of rotatable bonds is 8. The van der Waals surface area contributed by atoms with Crippen LogP contribution in [-0.2, 0) is 15.1 Å². The lowest BCUT2D eigenvalue weighted by atomic mass is 9.74. The molecule has 1 unspecified atom stereocenters. The number of hydrogen-bond donors (Lipinski definition) is 1. The summed E-state index contributed by atoms with van der Waals surface area (Å²) in [4.78, 5) is 17.1. The van der Waals surface area contributed by atoms with E-state index in [1.807, 2.05) is 6.92 Å². The molecule has 0 bridgehead atoms. The van der Waals surface area contributed by atoms with Crippen LogP contribution in [0.15, 0.2) is 103 Å². The van der Waals surface area contributed by atoms with Crippen molar-refractivity contribution in [3.05, 3.63) is 119 Å². The van der Waals surface area contributed by atoms with Crippen LogP contribution < -0.4 is 0 Å². The fourth-order valence-electron chi connectivity index (χ4n) is 6.30. The van der Waals surface area contributed by atoms with Gasteiger partial charge in [0.25, 0.3) is 0 Å². The Morgan fingerprint density at radius 3 is 1.85 bits per heavy atom. The summed E-state index contributed by atoms with van der Waals surface area (Å²) in [5, 5.41) is 11.1. The minimum atomic E-state index is -0.485. The Hall–Kier alpha value is -3.25. The first-order valence-electron chi connectivity index (χ1n) is 14.3. The van der Waals surface area contributed by atoms with Gasteiger partial charge in [0.1, 0.15) is 0 Å². The number of benzene rings is 3. The highest BCUT2D eigenvalue weighted by Crippen LogP contribution is 2.44. The van der Waals surface area contributed by atoms with Crippen LogP contribution in [0.5, 0.6) is 0 Å². The lowest BCUT2D eigenvalue weighted by Crippen LogP contribution is -2.53. The van der Waals surface area contributed by atoms with Crippen molar-refractivity contribution in [3.8, 4) is 0 Å². The fraction of sp³-hybridized carbons (Fsp3) is 0.382. The van der Waals surface area contributed by atoms with Crippen molar-refractivity contribution < 1.29 is 14.6 Å². The zero-order chi connectivity index (χ0) is 27.1. The monoisotopic (exact) mass is 524 g/mol. The molecule has 0 spiro atoms. The van der Waals surface area contributed by atoms with Crippen LogP contribution in [0.4, 0.5) is 0 Å². The number of likely N-dealkylation sites (tertiary alicyclic amines) is 2.